The van der Waals surface area contributed by atoms with Gasteiger partial charge >= 0.3 is 6.18 Å². The highest BCUT2D eigenvalue weighted by atomic mass is 32.1. The lowest BCUT2D eigenvalue weighted by Gasteiger charge is -2.31. The lowest BCUT2D eigenvalue weighted by atomic mass is 9.97. The van der Waals surface area contributed by atoms with E-state index in [0.717, 1.165) is 22.9 Å². The fourth-order valence-corrected chi connectivity index (χ4v) is 5.33. The zero-order valence-corrected chi connectivity index (χ0v) is 20.9. The van der Waals surface area contributed by atoms with Gasteiger partial charge in [0.2, 0.25) is 5.91 Å². The summed E-state index contributed by atoms with van der Waals surface area (Å²) in [6, 6.07) is 4.11. The van der Waals surface area contributed by atoms with E-state index in [4.69, 9.17) is 0 Å². The van der Waals surface area contributed by atoms with E-state index in [1.165, 1.54) is 24.3 Å². The number of oxime groups is 1. The van der Waals surface area contributed by atoms with Crippen molar-refractivity contribution < 1.29 is 37.1 Å². The number of aromatic nitrogens is 3. The van der Waals surface area contributed by atoms with Gasteiger partial charge < -0.3 is 15.2 Å². The smallest absolute Gasteiger partial charge is 0.411 e. The van der Waals surface area contributed by atoms with E-state index in [1.54, 1.807) is 10.3 Å². The van der Waals surface area contributed by atoms with Crippen molar-refractivity contribution in [2.75, 3.05) is 13.1 Å². The molecule has 2 N–H and O–H groups in total. The van der Waals surface area contributed by atoms with Gasteiger partial charge in [0.25, 0.3) is 0 Å². The number of rotatable bonds is 7. The van der Waals surface area contributed by atoms with Crippen LogP contribution in [0.15, 0.2) is 34.8 Å². The molecular formula is C24H24F5N5O3S. The zero-order valence-electron chi connectivity index (χ0n) is 20.1. The van der Waals surface area contributed by atoms with Crippen molar-refractivity contribution in [2.24, 2.45) is 5.16 Å². The second kappa shape index (κ2) is 11.2. The van der Waals surface area contributed by atoms with Crippen LogP contribution >= 0.6 is 11.3 Å². The predicted octanol–water partition coefficient (Wildman–Crippen LogP) is 4.65. The van der Waals surface area contributed by atoms with Crippen molar-refractivity contribution in [2.45, 2.75) is 50.9 Å². The van der Waals surface area contributed by atoms with E-state index >= 15 is 0 Å². The molecule has 38 heavy (non-hydrogen) atoms. The van der Waals surface area contributed by atoms with Crippen LogP contribution in [0.25, 0.3) is 0 Å². The Morgan fingerprint density at radius 2 is 1.89 bits per heavy atom. The number of hydrogen-bond acceptors (Lipinski definition) is 7. The average molecular weight is 558 g/mol. The standard InChI is InChI=1S/C24H24F5N5O3S/c1-13-9-20(24(27,28)29)31-34(13)11-21(36)33-7-5-14(6-8-33)23-30-18(12-38-23)17(32-37)10-19(35)22-15(25)3-2-4-16(22)26/h2-4,9,12,14,19,35,37H,5-8,10-11H2,1H3/b32-17+. The van der Waals surface area contributed by atoms with Crippen LogP contribution in [-0.4, -0.2) is 54.7 Å². The number of thiazole rings is 1. The van der Waals surface area contributed by atoms with Crippen molar-refractivity contribution in [3.8, 4) is 0 Å². The fourth-order valence-electron chi connectivity index (χ4n) is 4.33. The van der Waals surface area contributed by atoms with Gasteiger partial charge in [0.05, 0.1) is 22.4 Å². The average Bonchev–Trinajstić information content (AvgIpc) is 3.50. The van der Waals surface area contributed by atoms with Gasteiger partial charge in [-0.15, -0.1) is 11.3 Å². The van der Waals surface area contributed by atoms with Crippen LogP contribution in [0.5, 0.6) is 0 Å². The molecule has 1 aliphatic heterocycles. The molecule has 1 fully saturated rings. The molecule has 1 unspecified atom stereocenters. The van der Waals surface area contributed by atoms with Crippen molar-refractivity contribution in [3.63, 3.8) is 0 Å². The van der Waals surface area contributed by atoms with Gasteiger partial charge in [-0.2, -0.15) is 18.3 Å². The molecule has 1 aliphatic rings. The summed E-state index contributed by atoms with van der Waals surface area (Å²) in [7, 11) is 0. The van der Waals surface area contributed by atoms with E-state index in [9.17, 15) is 37.1 Å². The van der Waals surface area contributed by atoms with Crippen LogP contribution in [0.1, 0.15) is 58.9 Å². The largest absolute Gasteiger partial charge is 0.435 e. The van der Waals surface area contributed by atoms with Crippen LogP contribution in [0.2, 0.25) is 0 Å². The molecule has 204 valence electrons. The summed E-state index contributed by atoms with van der Waals surface area (Å²) in [4.78, 5) is 18.7. The van der Waals surface area contributed by atoms with Crippen LogP contribution in [0, 0.1) is 18.6 Å². The Hall–Kier alpha value is -3.39. The number of aliphatic hydroxyl groups excluding tert-OH is 1. The number of likely N-dealkylation sites (tertiary alicyclic amines) is 1. The van der Waals surface area contributed by atoms with Crippen molar-refractivity contribution in [1.82, 2.24) is 19.7 Å². The molecule has 1 saturated heterocycles. The normalized spacial score (nSPS) is 16.2. The Balaban J connectivity index is 1.35. The maximum Gasteiger partial charge on any atom is 0.435 e. The molecule has 0 saturated carbocycles. The van der Waals surface area contributed by atoms with E-state index in [0.29, 0.717) is 30.9 Å². The predicted molar refractivity (Wildman–Crippen MR) is 127 cm³/mol. The van der Waals surface area contributed by atoms with E-state index in [-0.39, 0.29) is 41.9 Å². The minimum Gasteiger partial charge on any atom is -0.411 e. The Morgan fingerprint density at radius 1 is 1.24 bits per heavy atom. The number of aliphatic hydroxyl groups is 1. The van der Waals surface area contributed by atoms with Crippen molar-refractivity contribution >= 4 is 23.0 Å². The molecule has 0 radical (unpaired) electrons. The van der Waals surface area contributed by atoms with Crippen LogP contribution in [0.4, 0.5) is 22.0 Å². The highest BCUT2D eigenvalue weighted by molar-refractivity contribution is 7.10. The maximum atomic E-state index is 14.0. The Morgan fingerprint density at radius 3 is 2.47 bits per heavy atom. The van der Waals surface area contributed by atoms with Crippen LogP contribution in [-0.2, 0) is 17.5 Å². The number of halogens is 5. The lowest BCUT2D eigenvalue weighted by Crippen LogP contribution is -2.40. The van der Waals surface area contributed by atoms with Gasteiger partial charge in [-0.3, -0.25) is 9.48 Å². The van der Waals surface area contributed by atoms with Gasteiger partial charge in [0.15, 0.2) is 5.69 Å². The topological polar surface area (TPSA) is 104 Å². The zero-order chi connectivity index (χ0) is 27.6. The first kappa shape index (κ1) is 27.6. The Bertz CT molecular complexity index is 1310. The molecule has 0 aliphatic carbocycles. The number of carbonyl (C=O) groups is 1. The van der Waals surface area contributed by atoms with Crippen LogP contribution in [0.3, 0.4) is 0 Å². The molecule has 8 nitrogen and oxygen atoms in total. The highest BCUT2D eigenvalue weighted by Crippen LogP contribution is 2.32. The summed E-state index contributed by atoms with van der Waals surface area (Å²) in [6.45, 7) is 1.90. The number of benzene rings is 1. The maximum absolute atomic E-state index is 14.0. The molecule has 1 aromatic carbocycles. The first-order valence-corrected chi connectivity index (χ1v) is 12.5. The number of piperidine rings is 1. The van der Waals surface area contributed by atoms with E-state index in [1.807, 2.05) is 0 Å². The van der Waals surface area contributed by atoms with Gasteiger partial charge in [-0.25, -0.2) is 13.8 Å². The Kier molecular flexibility index (Phi) is 8.11. The Labute approximate surface area is 218 Å². The minimum atomic E-state index is -4.59. The number of aryl methyl sites for hydroxylation is 1. The first-order valence-electron chi connectivity index (χ1n) is 11.7. The summed E-state index contributed by atoms with van der Waals surface area (Å²) in [5.41, 5.74) is -1.11. The minimum absolute atomic E-state index is 0.0186. The fraction of sp³-hybridized carbons (Fsp3) is 0.417. The summed E-state index contributed by atoms with van der Waals surface area (Å²) in [6.07, 6.45) is -5.44. The van der Waals surface area contributed by atoms with Crippen molar-refractivity contribution in [3.05, 3.63) is 68.9 Å². The number of nitrogens with zero attached hydrogens (tertiary/aromatic N) is 5. The summed E-state index contributed by atoms with van der Waals surface area (Å²) < 4.78 is 67.7. The quantitative estimate of drug-likeness (QED) is 0.191. The number of hydrogen-bond donors (Lipinski definition) is 2. The van der Waals surface area contributed by atoms with Crippen LogP contribution < -0.4 is 0 Å². The molecule has 4 rings (SSSR count). The third-order valence-corrected chi connectivity index (χ3v) is 7.42. The number of alkyl halides is 3. The molecule has 14 heteroatoms. The molecule has 1 amide bonds. The number of carbonyl (C=O) groups excluding carboxylic acids is 1. The highest BCUT2D eigenvalue weighted by Gasteiger charge is 2.35. The van der Waals surface area contributed by atoms with E-state index < -0.39 is 35.2 Å². The van der Waals surface area contributed by atoms with Gasteiger partial charge in [-0.1, -0.05) is 11.2 Å². The monoisotopic (exact) mass is 557 g/mol. The van der Waals surface area contributed by atoms with E-state index in [2.05, 4.69) is 15.2 Å². The summed E-state index contributed by atoms with van der Waals surface area (Å²) in [5, 5.41) is 28.8. The third-order valence-electron chi connectivity index (χ3n) is 6.41. The molecule has 3 aromatic rings. The summed E-state index contributed by atoms with van der Waals surface area (Å²) >= 11 is 1.29. The molecule has 3 heterocycles. The third kappa shape index (κ3) is 6.01. The number of amides is 1. The summed E-state index contributed by atoms with van der Waals surface area (Å²) in [5.74, 6) is -2.20. The second-order valence-corrected chi connectivity index (χ2v) is 9.84. The molecule has 2 aromatic heterocycles. The lowest BCUT2D eigenvalue weighted by molar-refractivity contribution is -0.142. The van der Waals surface area contributed by atoms with Gasteiger partial charge in [-0.05, 0) is 38.0 Å². The second-order valence-electron chi connectivity index (χ2n) is 8.95. The van der Waals surface area contributed by atoms with Gasteiger partial charge in [0.1, 0.15) is 23.9 Å². The first-order chi connectivity index (χ1) is 18.0. The SMILES string of the molecule is Cc1cc(C(F)(F)F)nn1CC(=O)N1CCC(c2nc(/C(CC(O)c3c(F)cccc3F)=N/O)cs2)CC1. The van der Waals surface area contributed by atoms with Gasteiger partial charge in [0, 0.05) is 36.5 Å². The van der Waals surface area contributed by atoms with Crippen molar-refractivity contribution in [1.29, 1.82) is 0 Å². The molecule has 1 atom stereocenters. The molecule has 0 bridgehead atoms. The molecular weight excluding hydrogens is 533 g/mol. The molecule has 0 spiro atoms.